The molecule has 1 amide bonds. The third-order valence-corrected chi connectivity index (χ3v) is 6.29. The lowest BCUT2D eigenvalue weighted by atomic mass is 10.0. The number of imidazole rings is 1. The first-order valence-electron chi connectivity index (χ1n) is 11.8. The molecular weight excluding hydrogens is 462 g/mol. The number of rotatable bonds is 5. The van der Waals surface area contributed by atoms with Gasteiger partial charge in [0.25, 0.3) is 5.91 Å². The summed E-state index contributed by atoms with van der Waals surface area (Å²) in [5.74, 6) is 4.40. The molecule has 1 unspecified atom stereocenters. The van der Waals surface area contributed by atoms with Gasteiger partial charge in [0, 0.05) is 30.6 Å². The Morgan fingerprint density at radius 3 is 2.75 bits per heavy atom. The van der Waals surface area contributed by atoms with Crippen molar-refractivity contribution in [2.24, 2.45) is 0 Å². The second-order valence-electron chi connectivity index (χ2n) is 8.60. The first kappa shape index (κ1) is 23.5. The highest BCUT2D eigenvalue weighted by molar-refractivity contribution is 5.93. The van der Waals surface area contributed by atoms with Gasteiger partial charge < -0.3 is 9.64 Å². The number of likely N-dealkylation sites (tertiary alicyclic amines) is 1. The van der Waals surface area contributed by atoms with Crippen LogP contribution < -0.4 is 4.74 Å². The molecule has 1 aliphatic rings. The maximum Gasteiger partial charge on any atom is 0.299 e. The van der Waals surface area contributed by atoms with Crippen molar-refractivity contribution in [3.8, 4) is 28.8 Å². The Morgan fingerprint density at radius 2 is 1.97 bits per heavy atom. The lowest BCUT2D eigenvalue weighted by Crippen LogP contribution is -2.38. The van der Waals surface area contributed by atoms with Gasteiger partial charge in [0.2, 0.25) is 0 Å². The maximum absolute atomic E-state index is 13.4. The first-order chi connectivity index (χ1) is 17.5. The fourth-order valence-electron chi connectivity index (χ4n) is 4.52. The number of carbonyl (C=O) groups excluding carboxylic acids is 1. The van der Waals surface area contributed by atoms with Crippen molar-refractivity contribution in [2.45, 2.75) is 38.8 Å². The molecule has 0 spiro atoms. The van der Waals surface area contributed by atoms with Gasteiger partial charge in [-0.25, -0.2) is 13.8 Å². The van der Waals surface area contributed by atoms with E-state index in [1.165, 1.54) is 6.07 Å². The Balaban J connectivity index is 1.42. The average molecular weight is 487 g/mol. The van der Waals surface area contributed by atoms with Crippen molar-refractivity contribution in [3.63, 3.8) is 0 Å². The summed E-state index contributed by atoms with van der Waals surface area (Å²) in [6, 6.07) is 11.0. The summed E-state index contributed by atoms with van der Waals surface area (Å²) >= 11 is 0. The molecule has 1 saturated heterocycles. The highest BCUT2D eigenvalue weighted by Crippen LogP contribution is 2.34. The third-order valence-electron chi connectivity index (χ3n) is 6.29. The van der Waals surface area contributed by atoms with Gasteiger partial charge in [0.05, 0.1) is 23.4 Å². The molecule has 0 aliphatic carbocycles. The minimum atomic E-state index is -0.945. The minimum absolute atomic E-state index is 0.167. The third kappa shape index (κ3) is 4.65. The molecule has 0 N–H and O–H groups in total. The fraction of sp³-hybridized carbons (Fsp3) is 0.250. The molecule has 4 aromatic rings. The van der Waals surface area contributed by atoms with E-state index in [-0.39, 0.29) is 24.3 Å². The van der Waals surface area contributed by atoms with Crippen LogP contribution >= 0.6 is 0 Å². The normalized spacial score (nSPS) is 15.4. The van der Waals surface area contributed by atoms with Crippen LogP contribution in [0.3, 0.4) is 0 Å². The Labute approximate surface area is 207 Å². The van der Waals surface area contributed by atoms with E-state index in [2.05, 4.69) is 16.8 Å². The molecule has 6 nitrogen and oxygen atoms in total. The van der Waals surface area contributed by atoms with Gasteiger partial charge in [-0.3, -0.25) is 14.2 Å². The van der Waals surface area contributed by atoms with E-state index in [9.17, 15) is 13.6 Å². The average Bonchev–Trinajstić information content (AvgIpc) is 3.29. The monoisotopic (exact) mass is 486 g/mol. The topological polar surface area (TPSA) is 59.7 Å². The van der Waals surface area contributed by atoms with Crippen LogP contribution in [0.4, 0.5) is 8.78 Å². The molecule has 2 aromatic carbocycles. The van der Waals surface area contributed by atoms with E-state index in [1.807, 2.05) is 39.8 Å². The van der Waals surface area contributed by atoms with E-state index < -0.39 is 11.6 Å². The van der Waals surface area contributed by atoms with E-state index in [1.54, 1.807) is 19.3 Å². The summed E-state index contributed by atoms with van der Waals surface area (Å²) in [5, 5.41) is 0. The van der Waals surface area contributed by atoms with E-state index in [4.69, 9.17) is 9.72 Å². The Kier molecular flexibility index (Phi) is 6.63. The molecule has 0 bridgehead atoms. The molecule has 182 valence electrons. The molecule has 3 heterocycles. The second kappa shape index (κ2) is 10.2. The summed E-state index contributed by atoms with van der Waals surface area (Å²) in [6.07, 6.45) is 8.12. The van der Waals surface area contributed by atoms with Crippen LogP contribution in [0, 0.1) is 23.5 Å². The van der Waals surface area contributed by atoms with Crippen molar-refractivity contribution in [1.29, 1.82) is 0 Å². The van der Waals surface area contributed by atoms with Crippen LogP contribution in [0.15, 0.2) is 61.1 Å². The first-order valence-corrected chi connectivity index (χ1v) is 11.8. The smallest absolute Gasteiger partial charge is 0.299 e. The van der Waals surface area contributed by atoms with E-state index in [0.717, 1.165) is 59.6 Å². The van der Waals surface area contributed by atoms with Crippen LogP contribution in [0.2, 0.25) is 0 Å². The van der Waals surface area contributed by atoms with Crippen LogP contribution in [0.25, 0.3) is 16.8 Å². The molecule has 0 saturated carbocycles. The zero-order chi connectivity index (χ0) is 25.1. The van der Waals surface area contributed by atoms with Gasteiger partial charge in [0.15, 0.2) is 11.6 Å². The Bertz CT molecular complexity index is 1470. The van der Waals surface area contributed by atoms with Crippen molar-refractivity contribution >= 4 is 11.4 Å². The van der Waals surface area contributed by atoms with E-state index >= 15 is 0 Å². The van der Waals surface area contributed by atoms with Gasteiger partial charge in [-0.2, -0.15) is 0 Å². The second-order valence-corrected chi connectivity index (χ2v) is 8.60. The number of hydrogen-bond acceptors (Lipinski definition) is 4. The molecular formula is C28H24F2N4O2. The molecule has 1 atom stereocenters. The van der Waals surface area contributed by atoms with Crippen LogP contribution in [-0.4, -0.2) is 31.7 Å². The highest BCUT2D eigenvalue weighted by atomic mass is 19.2. The van der Waals surface area contributed by atoms with Gasteiger partial charge in [-0.05, 0) is 49.8 Å². The number of halogens is 2. The molecule has 8 heteroatoms. The quantitative estimate of drug-likeness (QED) is 0.358. The van der Waals surface area contributed by atoms with Gasteiger partial charge >= 0.3 is 0 Å². The predicted octanol–water partition coefficient (Wildman–Crippen LogP) is 5.33. The van der Waals surface area contributed by atoms with E-state index in [0.29, 0.717) is 6.54 Å². The number of fused-ring (bicyclic) bond motifs is 1. The summed E-state index contributed by atoms with van der Waals surface area (Å²) in [7, 11) is 0. The highest BCUT2D eigenvalue weighted by Gasteiger charge is 2.31. The Hall–Kier alpha value is -4.25. The standard InChI is InChI=1S/C28H24F2N4O2/c1-2-5-26(35)33-14-4-3-6-24(33)28-32-27(25-17-31-13-15-34(25)28)20-9-7-19(8-10-20)18-36-21-11-12-22(29)23(30)16-21/h7-13,15-17,24H,3-4,6,14,18H2,1H3. The summed E-state index contributed by atoms with van der Waals surface area (Å²) in [6.45, 7) is 2.53. The van der Waals surface area contributed by atoms with Crippen molar-refractivity contribution in [3.05, 3.63) is 84.1 Å². The zero-order valence-corrected chi connectivity index (χ0v) is 19.7. The molecule has 0 radical (unpaired) electrons. The van der Waals surface area contributed by atoms with Gasteiger partial charge in [0.1, 0.15) is 18.2 Å². The lowest BCUT2D eigenvalue weighted by molar-refractivity contribution is -0.129. The number of carbonyl (C=O) groups is 1. The molecule has 36 heavy (non-hydrogen) atoms. The molecule has 5 rings (SSSR count). The number of ether oxygens (including phenoxy) is 1. The number of hydrogen-bond donors (Lipinski definition) is 0. The van der Waals surface area contributed by atoms with Crippen molar-refractivity contribution < 1.29 is 18.3 Å². The minimum Gasteiger partial charge on any atom is -0.489 e. The predicted molar refractivity (Wildman–Crippen MR) is 131 cm³/mol. The Morgan fingerprint density at radius 1 is 1.14 bits per heavy atom. The molecule has 1 fully saturated rings. The summed E-state index contributed by atoms with van der Waals surface area (Å²) in [4.78, 5) is 23.8. The summed E-state index contributed by atoms with van der Waals surface area (Å²) in [5.41, 5.74) is 3.38. The largest absolute Gasteiger partial charge is 0.489 e. The number of piperidine rings is 1. The number of aromatic nitrogens is 3. The SMILES string of the molecule is CC#CC(=O)N1CCCCC1c1nc(-c2ccc(COc3ccc(F)c(F)c3)cc2)c2cnccn12. The maximum atomic E-state index is 13.4. The number of nitrogens with zero attached hydrogens (tertiary/aromatic N) is 4. The van der Waals surface area contributed by atoms with Gasteiger partial charge in [-0.1, -0.05) is 30.2 Å². The molecule has 2 aromatic heterocycles. The summed E-state index contributed by atoms with van der Waals surface area (Å²) < 4.78 is 34.1. The van der Waals surface area contributed by atoms with Gasteiger partial charge in [-0.15, -0.1) is 0 Å². The number of amides is 1. The zero-order valence-electron chi connectivity index (χ0n) is 19.7. The number of benzene rings is 2. The van der Waals surface area contributed by atoms with Crippen LogP contribution in [-0.2, 0) is 11.4 Å². The van der Waals surface area contributed by atoms with Crippen LogP contribution in [0.1, 0.15) is 43.6 Å². The molecule has 1 aliphatic heterocycles. The van der Waals surface area contributed by atoms with Crippen molar-refractivity contribution in [2.75, 3.05) is 6.54 Å². The lowest BCUT2D eigenvalue weighted by Gasteiger charge is -2.33. The fourth-order valence-corrected chi connectivity index (χ4v) is 4.52. The van der Waals surface area contributed by atoms with Crippen molar-refractivity contribution in [1.82, 2.24) is 19.3 Å². The van der Waals surface area contributed by atoms with Crippen LogP contribution in [0.5, 0.6) is 5.75 Å².